The van der Waals surface area contributed by atoms with Gasteiger partial charge in [0, 0.05) is 19.1 Å². The van der Waals surface area contributed by atoms with Gasteiger partial charge in [0.15, 0.2) is 6.10 Å². The topological polar surface area (TPSA) is 56.8 Å². The zero-order valence-corrected chi connectivity index (χ0v) is 10.5. The second-order valence-corrected chi connectivity index (χ2v) is 4.72. The molecule has 0 aromatic heterocycles. The van der Waals surface area contributed by atoms with Gasteiger partial charge in [-0.25, -0.2) is 0 Å². The zero-order chi connectivity index (χ0) is 12.1. The lowest BCUT2D eigenvalue weighted by Gasteiger charge is -2.37. The fourth-order valence-corrected chi connectivity index (χ4v) is 2.37. The Kier molecular flexibility index (Phi) is 4.62. The third-order valence-electron chi connectivity index (χ3n) is 3.20. The lowest BCUT2D eigenvalue weighted by Crippen LogP contribution is -2.57. The van der Waals surface area contributed by atoms with Crippen molar-refractivity contribution in [3.63, 3.8) is 0 Å². The third-order valence-corrected chi connectivity index (χ3v) is 3.71. The number of amides is 1. The maximum atomic E-state index is 12.0. The molecule has 1 atom stereocenters. The molecule has 0 spiro atoms. The van der Waals surface area contributed by atoms with E-state index in [1.807, 2.05) is 0 Å². The first-order chi connectivity index (χ1) is 8.26. The summed E-state index contributed by atoms with van der Waals surface area (Å²) in [5, 5.41) is 3.00. The highest BCUT2D eigenvalue weighted by atomic mass is 35.5. The fourth-order valence-electron chi connectivity index (χ4n) is 2.04. The molecule has 0 aromatic carbocycles. The van der Waals surface area contributed by atoms with Crippen molar-refractivity contribution in [2.45, 2.75) is 24.5 Å². The third kappa shape index (κ3) is 3.31. The highest BCUT2D eigenvalue weighted by Gasteiger charge is 2.36. The van der Waals surface area contributed by atoms with Crippen molar-refractivity contribution in [1.82, 2.24) is 5.32 Å². The summed E-state index contributed by atoms with van der Waals surface area (Å²) in [5.74, 6) is 0.266. The van der Waals surface area contributed by atoms with Crippen LogP contribution in [0.2, 0.25) is 0 Å². The van der Waals surface area contributed by atoms with Gasteiger partial charge in [0.1, 0.15) is 0 Å². The Morgan fingerprint density at radius 2 is 2.00 bits per heavy atom. The largest absolute Gasteiger partial charge is 0.381 e. The van der Waals surface area contributed by atoms with Gasteiger partial charge in [0.05, 0.1) is 25.4 Å². The quantitative estimate of drug-likeness (QED) is 0.745. The molecule has 0 aliphatic carbocycles. The van der Waals surface area contributed by atoms with Gasteiger partial charge in [0.2, 0.25) is 0 Å². The molecule has 6 heteroatoms. The Morgan fingerprint density at radius 1 is 1.24 bits per heavy atom. The standard InChI is InChI=1S/C11H18ClNO4/c12-8-11(1-3-15-4-2-11)13-10(14)9-7-16-5-6-17-9/h9H,1-8H2,(H,13,14). The summed E-state index contributed by atoms with van der Waals surface area (Å²) < 4.78 is 15.9. The minimum atomic E-state index is -0.508. The van der Waals surface area contributed by atoms with Crippen LogP contribution in [0.5, 0.6) is 0 Å². The lowest BCUT2D eigenvalue weighted by molar-refractivity contribution is -0.150. The number of halogens is 1. The minimum Gasteiger partial charge on any atom is -0.381 e. The Labute approximate surface area is 106 Å². The average molecular weight is 264 g/mol. The van der Waals surface area contributed by atoms with E-state index in [4.69, 9.17) is 25.8 Å². The van der Waals surface area contributed by atoms with Gasteiger partial charge in [0.25, 0.3) is 5.91 Å². The molecule has 1 unspecified atom stereocenters. The molecule has 0 saturated carbocycles. The molecule has 2 aliphatic rings. The molecule has 5 nitrogen and oxygen atoms in total. The van der Waals surface area contributed by atoms with Gasteiger partial charge < -0.3 is 19.5 Å². The normalized spacial score (nSPS) is 28.6. The average Bonchev–Trinajstić information content (AvgIpc) is 2.41. The van der Waals surface area contributed by atoms with E-state index in [0.717, 1.165) is 12.8 Å². The number of carbonyl (C=O) groups excluding carboxylic acids is 1. The number of nitrogens with one attached hydrogen (secondary N) is 1. The van der Waals surface area contributed by atoms with Crippen molar-refractivity contribution >= 4 is 17.5 Å². The highest BCUT2D eigenvalue weighted by molar-refractivity contribution is 6.18. The van der Waals surface area contributed by atoms with Crippen LogP contribution in [0.3, 0.4) is 0 Å². The van der Waals surface area contributed by atoms with E-state index in [-0.39, 0.29) is 11.4 Å². The van der Waals surface area contributed by atoms with Crippen LogP contribution in [0.1, 0.15) is 12.8 Å². The van der Waals surface area contributed by atoms with Crippen molar-refractivity contribution in [3.8, 4) is 0 Å². The van der Waals surface area contributed by atoms with Gasteiger partial charge in [-0.1, -0.05) is 0 Å². The summed E-state index contributed by atoms with van der Waals surface area (Å²) in [6.45, 7) is 2.61. The van der Waals surface area contributed by atoms with Crippen LogP contribution in [0.4, 0.5) is 0 Å². The lowest BCUT2D eigenvalue weighted by atomic mass is 9.92. The SMILES string of the molecule is O=C(NC1(CCl)CCOCC1)C1COCCO1. The molecule has 0 aromatic rings. The molecule has 17 heavy (non-hydrogen) atoms. The predicted octanol–water partition coefficient (Wildman–Crippen LogP) is 0.306. The molecule has 2 heterocycles. The van der Waals surface area contributed by atoms with E-state index in [1.54, 1.807) is 0 Å². The Hall–Kier alpha value is -0.360. The summed E-state index contributed by atoms with van der Waals surface area (Å²) in [6.07, 6.45) is 0.984. The van der Waals surface area contributed by atoms with E-state index >= 15 is 0 Å². The Morgan fingerprint density at radius 3 is 2.59 bits per heavy atom. The first-order valence-electron chi connectivity index (χ1n) is 5.91. The molecule has 98 valence electrons. The summed E-state index contributed by atoms with van der Waals surface area (Å²) in [4.78, 5) is 12.0. The Balaban J connectivity index is 1.90. The molecular formula is C11H18ClNO4. The zero-order valence-electron chi connectivity index (χ0n) is 9.75. The maximum Gasteiger partial charge on any atom is 0.252 e. The predicted molar refractivity (Wildman–Crippen MR) is 62.2 cm³/mol. The van der Waals surface area contributed by atoms with Crippen LogP contribution in [0, 0.1) is 0 Å². The van der Waals surface area contributed by atoms with Crippen molar-refractivity contribution in [2.75, 3.05) is 38.9 Å². The molecule has 1 amide bonds. The number of hydrogen-bond donors (Lipinski definition) is 1. The Bertz CT molecular complexity index is 262. The van der Waals surface area contributed by atoms with Gasteiger partial charge in [-0.05, 0) is 12.8 Å². The number of ether oxygens (including phenoxy) is 3. The van der Waals surface area contributed by atoms with Crippen molar-refractivity contribution in [1.29, 1.82) is 0 Å². The minimum absolute atomic E-state index is 0.132. The van der Waals surface area contributed by atoms with E-state index in [1.165, 1.54) is 0 Å². The number of hydrogen-bond acceptors (Lipinski definition) is 4. The summed E-state index contributed by atoms with van der Waals surface area (Å²) in [6, 6.07) is 0. The van der Waals surface area contributed by atoms with Crippen LogP contribution < -0.4 is 5.32 Å². The van der Waals surface area contributed by atoms with Crippen molar-refractivity contribution in [2.24, 2.45) is 0 Å². The molecule has 2 rings (SSSR count). The molecule has 0 bridgehead atoms. The monoisotopic (exact) mass is 263 g/mol. The van der Waals surface area contributed by atoms with E-state index in [0.29, 0.717) is 38.9 Å². The second-order valence-electron chi connectivity index (χ2n) is 4.45. The fraction of sp³-hybridized carbons (Fsp3) is 0.909. The second kappa shape index (κ2) is 6.00. The van der Waals surface area contributed by atoms with Gasteiger partial charge in [-0.2, -0.15) is 0 Å². The maximum absolute atomic E-state index is 12.0. The van der Waals surface area contributed by atoms with Crippen LogP contribution in [0.25, 0.3) is 0 Å². The summed E-state index contributed by atoms with van der Waals surface area (Å²) >= 11 is 5.98. The number of rotatable bonds is 3. The molecule has 1 N–H and O–H groups in total. The van der Waals surface area contributed by atoms with Crippen LogP contribution in [-0.4, -0.2) is 56.5 Å². The van der Waals surface area contributed by atoms with Crippen molar-refractivity contribution in [3.05, 3.63) is 0 Å². The van der Waals surface area contributed by atoms with E-state index in [9.17, 15) is 4.79 Å². The van der Waals surface area contributed by atoms with Crippen LogP contribution in [0.15, 0.2) is 0 Å². The summed E-state index contributed by atoms with van der Waals surface area (Å²) in [5.41, 5.74) is -0.350. The number of carbonyl (C=O) groups is 1. The highest BCUT2D eigenvalue weighted by Crippen LogP contribution is 2.22. The smallest absolute Gasteiger partial charge is 0.252 e. The van der Waals surface area contributed by atoms with Crippen molar-refractivity contribution < 1.29 is 19.0 Å². The first kappa shape index (κ1) is 13.1. The van der Waals surface area contributed by atoms with Gasteiger partial charge in [-0.15, -0.1) is 11.6 Å². The van der Waals surface area contributed by atoms with E-state index < -0.39 is 6.10 Å². The molecule has 2 saturated heterocycles. The number of alkyl halides is 1. The molecular weight excluding hydrogens is 246 g/mol. The van der Waals surface area contributed by atoms with Gasteiger partial charge >= 0.3 is 0 Å². The van der Waals surface area contributed by atoms with Gasteiger partial charge in [-0.3, -0.25) is 4.79 Å². The van der Waals surface area contributed by atoms with E-state index in [2.05, 4.69) is 5.32 Å². The first-order valence-corrected chi connectivity index (χ1v) is 6.44. The molecule has 2 fully saturated rings. The molecule has 0 radical (unpaired) electrons. The molecule has 2 aliphatic heterocycles. The van der Waals surface area contributed by atoms with Crippen LogP contribution >= 0.6 is 11.6 Å². The summed E-state index contributed by atoms with van der Waals surface area (Å²) in [7, 11) is 0. The van der Waals surface area contributed by atoms with Crippen LogP contribution in [-0.2, 0) is 19.0 Å².